The first-order chi connectivity index (χ1) is 9.92. The lowest BCUT2D eigenvalue weighted by atomic mass is 9.99. The fourth-order valence-electron chi connectivity index (χ4n) is 2.28. The molecule has 1 saturated heterocycles. The van der Waals surface area contributed by atoms with Gasteiger partial charge in [-0.25, -0.2) is 0 Å². The van der Waals surface area contributed by atoms with Crippen molar-refractivity contribution in [3.05, 3.63) is 38.9 Å². The Hall–Kier alpha value is -1.70. The van der Waals surface area contributed by atoms with E-state index < -0.39 is 23.1 Å². The fraction of sp³-hybridized carbons (Fsp3) is 0.462. The Labute approximate surface area is 125 Å². The molecule has 1 aromatic carbocycles. The summed E-state index contributed by atoms with van der Waals surface area (Å²) in [5.41, 5.74) is 0.151. The molecule has 21 heavy (non-hydrogen) atoms. The maximum Gasteiger partial charge on any atom is 0.308 e. The molecule has 0 amide bonds. The van der Waals surface area contributed by atoms with Gasteiger partial charge in [0.25, 0.3) is 5.69 Å². The number of hydrogen-bond acceptors (Lipinski definition) is 5. The molecular weight excluding hydrogens is 302 g/mol. The van der Waals surface area contributed by atoms with Crippen molar-refractivity contribution < 1.29 is 24.3 Å². The summed E-state index contributed by atoms with van der Waals surface area (Å²) in [4.78, 5) is 21.6. The van der Waals surface area contributed by atoms with E-state index in [1.165, 1.54) is 18.2 Å². The highest BCUT2D eigenvalue weighted by molar-refractivity contribution is 6.30. The lowest BCUT2D eigenvalue weighted by Crippen LogP contribution is -2.44. The normalized spacial score (nSPS) is 17.4. The van der Waals surface area contributed by atoms with Crippen molar-refractivity contribution >= 4 is 23.3 Å². The minimum atomic E-state index is -1.39. The largest absolute Gasteiger partial charge is 0.481 e. The maximum absolute atomic E-state index is 11.1. The third kappa shape index (κ3) is 3.90. The van der Waals surface area contributed by atoms with Gasteiger partial charge in [0.2, 0.25) is 0 Å². The Balaban J connectivity index is 2.34. The average Bonchev–Trinajstić information content (AvgIpc) is 2.38. The number of nitro benzene ring substituents is 1. The highest BCUT2D eigenvalue weighted by atomic mass is 35.5. The van der Waals surface area contributed by atoms with Crippen LogP contribution in [0.5, 0.6) is 0 Å². The molecule has 7 nitrogen and oxygen atoms in total. The molecule has 1 fully saturated rings. The Morgan fingerprint density at radius 3 is 2.67 bits per heavy atom. The Morgan fingerprint density at radius 1 is 1.43 bits per heavy atom. The van der Waals surface area contributed by atoms with E-state index in [0.717, 1.165) is 0 Å². The summed E-state index contributed by atoms with van der Waals surface area (Å²) in [6.07, 6.45) is 0.214. The summed E-state index contributed by atoms with van der Waals surface area (Å²) in [5, 5.41) is 20.4. The molecule has 0 atom stereocenters. The Kier molecular flexibility index (Phi) is 4.76. The predicted octanol–water partition coefficient (Wildman–Crippen LogP) is 2.40. The predicted molar refractivity (Wildman–Crippen MR) is 73.3 cm³/mol. The molecule has 0 radical (unpaired) electrons. The molecule has 114 valence electrons. The van der Waals surface area contributed by atoms with Crippen LogP contribution in [0.1, 0.15) is 18.4 Å². The number of ether oxygens (including phenoxy) is 2. The molecule has 1 aromatic rings. The van der Waals surface area contributed by atoms with Gasteiger partial charge >= 0.3 is 5.97 Å². The monoisotopic (exact) mass is 315 g/mol. The first kappa shape index (κ1) is 15.7. The second-order valence-electron chi connectivity index (χ2n) is 4.74. The average molecular weight is 316 g/mol. The van der Waals surface area contributed by atoms with E-state index >= 15 is 0 Å². The molecular formula is C13H14ClNO6. The van der Waals surface area contributed by atoms with Crippen molar-refractivity contribution in [2.75, 3.05) is 13.2 Å². The zero-order chi connectivity index (χ0) is 15.5. The number of halogens is 1. The van der Waals surface area contributed by atoms with E-state index in [9.17, 15) is 14.9 Å². The number of nitro groups is 1. The van der Waals surface area contributed by atoms with E-state index in [4.69, 9.17) is 26.2 Å². The minimum Gasteiger partial charge on any atom is -0.481 e. The van der Waals surface area contributed by atoms with Crippen LogP contribution in [-0.2, 0) is 20.7 Å². The molecule has 0 aromatic heterocycles. The Morgan fingerprint density at radius 2 is 2.10 bits per heavy atom. The van der Waals surface area contributed by atoms with Gasteiger partial charge in [-0.2, -0.15) is 0 Å². The quantitative estimate of drug-likeness (QED) is 0.661. The summed E-state index contributed by atoms with van der Waals surface area (Å²) in [6.45, 7) is 0.698. The topological polar surface area (TPSA) is 98.9 Å². The van der Waals surface area contributed by atoms with Crippen LogP contribution in [0.4, 0.5) is 5.69 Å². The van der Waals surface area contributed by atoms with Gasteiger partial charge in [0, 0.05) is 23.1 Å². The summed E-state index contributed by atoms with van der Waals surface area (Å²) in [7, 11) is 0. The van der Waals surface area contributed by atoms with Crippen molar-refractivity contribution in [3.63, 3.8) is 0 Å². The van der Waals surface area contributed by atoms with Crippen LogP contribution in [-0.4, -0.2) is 35.0 Å². The van der Waals surface area contributed by atoms with Crippen LogP contribution in [0.15, 0.2) is 18.2 Å². The number of rotatable bonds is 5. The van der Waals surface area contributed by atoms with Gasteiger partial charge in [-0.15, -0.1) is 0 Å². The molecule has 0 saturated carbocycles. The zero-order valence-electron chi connectivity index (χ0n) is 11.1. The van der Waals surface area contributed by atoms with Crippen molar-refractivity contribution in [1.29, 1.82) is 0 Å². The van der Waals surface area contributed by atoms with Crippen LogP contribution in [0.25, 0.3) is 0 Å². The molecule has 0 unspecified atom stereocenters. The molecule has 2 rings (SSSR count). The van der Waals surface area contributed by atoms with E-state index in [1.54, 1.807) is 0 Å². The number of nitrogens with zero attached hydrogens (tertiary/aromatic N) is 1. The second-order valence-corrected chi connectivity index (χ2v) is 5.18. The molecule has 1 N–H and O–H groups in total. The minimum absolute atomic E-state index is 0.0455. The third-order valence-corrected chi connectivity index (χ3v) is 3.37. The molecule has 0 bridgehead atoms. The van der Waals surface area contributed by atoms with Crippen LogP contribution in [0.2, 0.25) is 5.02 Å². The van der Waals surface area contributed by atoms with Gasteiger partial charge in [-0.3, -0.25) is 14.9 Å². The Bertz CT molecular complexity index is 556. The summed E-state index contributed by atoms with van der Waals surface area (Å²) >= 11 is 5.87. The smallest absolute Gasteiger partial charge is 0.308 e. The van der Waals surface area contributed by atoms with E-state index in [0.29, 0.717) is 24.7 Å². The lowest BCUT2D eigenvalue weighted by Gasteiger charge is -2.36. The summed E-state index contributed by atoms with van der Waals surface area (Å²) < 4.78 is 11.0. The third-order valence-electron chi connectivity index (χ3n) is 3.14. The van der Waals surface area contributed by atoms with Crippen LogP contribution >= 0.6 is 11.6 Å². The summed E-state index contributed by atoms with van der Waals surface area (Å²) in [6, 6.07) is 4.13. The van der Waals surface area contributed by atoms with Crippen LogP contribution < -0.4 is 0 Å². The molecule has 1 aliphatic heterocycles. The highest BCUT2D eigenvalue weighted by Crippen LogP contribution is 2.32. The first-order valence-electron chi connectivity index (χ1n) is 6.34. The SMILES string of the molecule is O=C(O)CC1(Cc2cc(Cl)ccc2[N+](=O)[O-])OCCCO1. The zero-order valence-corrected chi connectivity index (χ0v) is 11.8. The number of carbonyl (C=O) groups is 1. The molecule has 1 heterocycles. The molecule has 0 aliphatic carbocycles. The van der Waals surface area contributed by atoms with Crippen molar-refractivity contribution in [2.45, 2.75) is 25.0 Å². The molecule has 1 aliphatic rings. The number of aliphatic carboxylic acids is 1. The van der Waals surface area contributed by atoms with Gasteiger partial charge < -0.3 is 14.6 Å². The second kappa shape index (κ2) is 6.38. The van der Waals surface area contributed by atoms with Gasteiger partial charge in [0.05, 0.1) is 24.6 Å². The molecule has 8 heteroatoms. The number of carboxylic acids is 1. The number of carboxylic acid groups (broad SMARTS) is 1. The van der Waals surface area contributed by atoms with E-state index in [-0.39, 0.29) is 17.7 Å². The van der Waals surface area contributed by atoms with E-state index in [2.05, 4.69) is 0 Å². The van der Waals surface area contributed by atoms with Gasteiger partial charge in [0.15, 0.2) is 5.79 Å². The van der Waals surface area contributed by atoms with E-state index in [1.807, 2.05) is 0 Å². The van der Waals surface area contributed by atoms with Crippen molar-refractivity contribution in [1.82, 2.24) is 0 Å². The number of benzene rings is 1. The van der Waals surface area contributed by atoms with Gasteiger partial charge in [-0.1, -0.05) is 11.6 Å². The molecule has 0 spiro atoms. The van der Waals surface area contributed by atoms with Gasteiger partial charge in [0.1, 0.15) is 0 Å². The van der Waals surface area contributed by atoms with Crippen LogP contribution in [0, 0.1) is 10.1 Å². The lowest BCUT2D eigenvalue weighted by molar-refractivity contribution is -0.386. The fourth-order valence-corrected chi connectivity index (χ4v) is 2.47. The first-order valence-corrected chi connectivity index (χ1v) is 6.72. The van der Waals surface area contributed by atoms with Crippen molar-refractivity contribution in [2.24, 2.45) is 0 Å². The maximum atomic E-state index is 11.1. The van der Waals surface area contributed by atoms with Crippen molar-refractivity contribution in [3.8, 4) is 0 Å². The van der Waals surface area contributed by atoms with Gasteiger partial charge in [-0.05, 0) is 18.6 Å². The number of hydrogen-bond donors (Lipinski definition) is 1. The standard InChI is InChI=1S/C13H14ClNO6/c14-10-2-3-11(15(18)19)9(6-10)7-13(8-12(16)17)20-4-1-5-21-13/h2-3,6H,1,4-5,7-8H2,(H,16,17). The highest BCUT2D eigenvalue weighted by Gasteiger charge is 2.39. The summed E-state index contributed by atoms with van der Waals surface area (Å²) in [5.74, 6) is -2.49. The van der Waals surface area contributed by atoms with Crippen LogP contribution in [0.3, 0.4) is 0 Å².